The van der Waals surface area contributed by atoms with Gasteiger partial charge in [-0.2, -0.15) is 48.3 Å². The number of alkyl halides is 12. The normalized spacial score (nSPS) is 12.8. The van der Waals surface area contributed by atoms with E-state index < -0.39 is 60.2 Å². The Bertz CT molecular complexity index is 1010. The minimum absolute atomic E-state index is 0.0465. The number of esters is 2. The highest BCUT2D eigenvalue weighted by Crippen LogP contribution is 2.55. The van der Waals surface area contributed by atoms with Crippen LogP contribution in [0.3, 0.4) is 0 Å². The third-order valence-corrected chi connectivity index (χ3v) is 4.09. The molecule has 5 nitrogen and oxygen atoms in total. The molecule has 1 rings (SSSR count). The van der Waals surface area contributed by atoms with Crippen molar-refractivity contribution in [2.45, 2.75) is 49.6 Å². The van der Waals surface area contributed by atoms with Crippen LogP contribution in [0.15, 0.2) is 61.7 Å². The molecule has 1 N–H and O–H groups in total. The first kappa shape index (κ1) is 39.6. The molecule has 0 spiro atoms. The van der Waals surface area contributed by atoms with Crippen molar-refractivity contribution in [3.8, 4) is 0 Å². The van der Waals surface area contributed by atoms with Gasteiger partial charge in [0.05, 0.1) is 13.0 Å². The zero-order chi connectivity index (χ0) is 32.9. The van der Waals surface area contributed by atoms with Crippen LogP contribution < -0.4 is 0 Å². The van der Waals surface area contributed by atoms with E-state index in [-0.39, 0.29) is 13.2 Å². The third-order valence-electron chi connectivity index (χ3n) is 4.09. The molecule has 1 unspecified atom stereocenters. The van der Waals surface area contributed by atoms with E-state index in [1.54, 1.807) is 0 Å². The predicted octanol–water partition coefficient (Wildman–Crippen LogP) is 6.93. The Balaban J connectivity index is 0. The molecule has 234 valence electrons. The molecule has 17 heteroatoms. The van der Waals surface area contributed by atoms with Gasteiger partial charge in [0, 0.05) is 11.6 Å². The zero-order valence-electron chi connectivity index (χ0n) is 21.0. The summed E-state index contributed by atoms with van der Waals surface area (Å²) in [5.74, 6) is -24.4. The number of benzene rings is 1. The van der Waals surface area contributed by atoms with Crippen LogP contribution >= 0.6 is 0 Å². The summed E-state index contributed by atoms with van der Waals surface area (Å²) in [6, 6.07) is 10.0. The van der Waals surface area contributed by atoms with Crippen LogP contribution in [-0.2, 0) is 19.1 Å². The summed E-state index contributed by atoms with van der Waals surface area (Å²) in [5, 5.41) is 8.10. The Hall–Kier alpha value is -3.50. The average Bonchev–Trinajstić information content (AvgIpc) is 2.86. The SMILES string of the molecule is C=C(C)C(=O)OC(F)(F)C(F)(F)C(F)(F)C(F)(F)C(F)CC(F)(F)F.C=CC(=O)OCCO.C=Cc1ccccc1. The summed E-state index contributed by atoms with van der Waals surface area (Å²) in [6.45, 7) is 9.92. The Morgan fingerprint density at radius 3 is 1.76 bits per heavy atom. The van der Waals surface area contributed by atoms with Gasteiger partial charge in [-0.15, -0.1) is 0 Å². The quantitative estimate of drug-likeness (QED) is 0.165. The summed E-state index contributed by atoms with van der Waals surface area (Å²) in [7, 11) is 0. The molecule has 0 aromatic heterocycles. The van der Waals surface area contributed by atoms with Crippen LogP contribution in [0, 0.1) is 0 Å². The number of carbonyl (C=O) groups excluding carboxylic acids is 2. The molecule has 0 amide bonds. The molecule has 0 aliphatic rings. The number of halogens is 12. The molecule has 0 fully saturated rings. The number of aliphatic hydroxyl groups excluding tert-OH is 1. The van der Waals surface area contributed by atoms with E-state index in [2.05, 4.69) is 29.2 Å². The summed E-state index contributed by atoms with van der Waals surface area (Å²) < 4.78 is 160. The van der Waals surface area contributed by atoms with Crippen LogP contribution in [0.5, 0.6) is 0 Å². The Kier molecular flexibility index (Phi) is 15.5. The molecule has 0 aliphatic carbocycles. The number of hydrogen-bond acceptors (Lipinski definition) is 5. The minimum Gasteiger partial charge on any atom is -0.460 e. The van der Waals surface area contributed by atoms with Gasteiger partial charge in [0.2, 0.25) is 0 Å². The number of ether oxygens (including phenoxy) is 2. The maximum Gasteiger partial charge on any atom is 0.473 e. The zero-order valence-corrected chi connectivity index (χ0v) is 21.0. The second kappa shape index (κ2) is 16.1. The molecule has 0 radical (unpaired) electrons. The van der Waals surface area contributed by atoms with E-state index in [4.69, 9.17) is 5.11 Å². The van der Waals surface area contributed by atoms with Gasteiger partial charge in [0.1, 0.15) is 6.61 Å². The van der Waals surface area contributed by atoms with Gasteiger partial charge in [-0.25, -0.2) is 14.0 Å². The highest BCUT2D eigenvalue weighted by molar-refractivity contribution is 5.87. The minimum atomic E-state index is -7.36. The first-order valence-corrected chi connectivity index (χ1v) is 10.6. The van der Waals surface area contributed by atoms with E-state index >= 15 is 0 Å². The lowest BCUT2D eigenvalue weighted by atomic mass is 9.97. The first-order chi connectivity index (χ1) is 18.4. The lowest BCUT2D eigenvalue weighted by molar-refractivity contribution is -0.422. The molecule has 1 aromatic rings. The van der Waals surface area contributed by atoms with Crippen LogP contribution in [-0.4, -0.2) is 66.5 Å². The predicted molar refractivity (Wildman–Crippen MR) is 121 cm³/mol. The molecule has 1 aromatic carbocycles. The number of hydrogen-bond donors (Lipinski definition) is 1. The largest absolute Gasteiger partial charge is 0.473 e. The van der Waals surface area contributed by atoms with Crippen LogP contribution in [0.2, 0.25) is 0 Å². The molecule has 0 aliphatic heterocycles. The van der Waals surface area contributed by atoms with Crippen LogP contribution in [0.25, 0.3) is 6.08 Å². The van der Waals surface area contributed by atoms with Crippen molar-refractivity contribution in [2.75, 3.05) is 13.2 Å². The topological polar surface area (TPSA) is 72.8 Å². The fourth-order valence-electron chi connectivity index (χ4n) is 1.98. The standard InChI is InChI=1S/C11H8F12O2.C8H8.C5H8O3/c1-4(2)6(24)25-11(22,23)10(20,21)9(18,19)8(16,17)5(12)3-7(13,14)15;1-2-8-6-4-3-5-7-8;1-2-5(7)8-4-3-6/h5H,1,3H2,2H3;2-7H,1H2;2,6H,1,3-4H2. The van der Waals surface area contributed by atoms with Gasteiger partial charge < -0.3 is 14.6 Å². The molecule has 0 bridgehead atoms. The average molecular weight is 620 g/mol. The van der Waals surface area contributed by atoms with E-state index in [0.717, 1.165) is 6.08 Å². The van der Waals surface area contributed by atoms with Crippen molar-refractivity contribution in [3.63, 3.8) is 0 Å². The summed E-state index contributed by atoms with van der Waals surface area (Å²) >= 11 is 0. The van der Waals surface area contributed by atoms with E-state index in [9.17, 15) is 62.3 Å². The fourth-order valence-corrected chi connectivity index (χ4v) is 1.98. The summed E-state index contributed by atoms with van der Waals surface area (Å²) in [4.78, 5) is 20.8. The van der Waals surface area contributed by atoms with Gasteiger partial charge in [0.15, 0.2) is 6.17 Å². The highest BCUT2D eigenvalue weighted by Gasteiger charge is 2.84. The summed E-state index contributed by atoms with van der Waals surface area (Å²) in [5.41, 5.74) is 0.151. The second-order valence-electron chi connectivity index (χ2n) is 7.46. The highest BCUT2D eigenvalue weighted by atomic mass is 19.4. The van der Waals surface area contributed by atoms with Crippen LogP contribution in [0.1, 0.15) is 18.9 Å². The smallest absolute Gasteiger partial charge is 0.460 e. The number of rotatable bonds is 11. The Labute approximate surface area is 225 Å². The van der Waals surface area contributed by atoms with Crippen LogP contribution in [0.4, 0.5) is 52.7 Å². The molecular formula is C24H24F12O5. The van der Waals surface area contributed by atoms with Crippen molar-refractivity contribution >= 4 is 18.0 Å². The molecule has 0 saturated carbocycles. The third kappa shape index (κ3) is 12.3. The van der Waals surface area contributed by atoms with Crippen molar-refractivity contribution in [3.05, 3.63) is 67.3 Å². The van der Waals surface area contributed by atoms with Gasteiger partial charge in [-0.05, 0) is 12.5 Å². The van der Waals surface area contributed by atoms with E-state index in [1.807, 2.05) is 36.4 Å². The van der Waals surface area contributed by atoms with Gasteiger partial charge in [-0.3, -0.25) is 0 Å². The van der Waals surface area contributed by atoms with Crippen molar-refractivity contribution in [2.24, 2.45) is 0 Å². The molecular weight excluding hydrogens is 596 g/mol. The Morgan fingerprint density at radius 2 is 1.41 bits per heavy atom. The summed E-state index contributed by atoms with van der Waals surface area (Å²) in [6.07, 6.45) is -17.9. The van der Waals surface area contributed by atoms with Gasteiger partial charge >= 0.3 is 42.0 Å². The lowest BCUT2D eigenvalue weighted by Crippen LogP contribution is -2.65. The van der Waals surface area contributed by atoms with Gasteiger partial charge in [0.25, 0.3) is 0 Å². The van der Waals surface area contributed by atoms with E-state index in [1.165, 1.54) is 5.56 Å². The molecule has 41 heavy (non-hydrogen) atoms. The van der Waals surface area contributed by atoms with Crippen molar-refractivity contribution in [1.82, 2.24) is 0 Å². The van der Waals surface area contributed by atoms with Gasteiger partial charge in [-0.1, -0.05) is 56.1 Å². The maximum absolute atomic E-state index is 13.2. The molecule has 0 heterocycles. The number of carbonyl (C=O) groups is 2. The second-order valence-corrected chi connectivity index (χ2v) is 7.46. The maximum atomic E-state index is 13.2. The van der Waals surface area contributed by atoms with Crippen molar-refractivity contribution < 1.29 is 76.9 Å². The first-order valence-electron chi connectivity index (χ1n) is 10.6. The van der Waals surface area contributed by atoms with Crippen molar-refractivity contribution in [1.29, 1.82) is 0 Å². The number of aliphatic hydroxyl groups is 1. The Morgan fingerprint density at radius 1 is 0.927 bits per heavy atom. The van der Waals surface area contributed by atoms with E-state index in [0.29, 0.717) is 6.92 Å². The lowest BCUT2D eigenvalue weighted by Gasteiger charge is -2.37. The molecule has 0 saturated heterocycles. The molecule has 1 atom stereocenters. The monoisotopic (exact) mass is 620 g/mol. The fraction of sp³-hybridized carbons (Fsp3) is 0.417.